The van der Waals surface area contributed by atoms with Crippen LogP contribution >= 0.6 is 0 Å². The van der Waals surface area contributed by atoms with Gasteiger partial charge in [-0.05, 0) is 37.8 Å². The van der Waals surface area contributed by atoms with Crippen LogP contribution in [0.15, 0.2) is 24.3 Å². The lowest BCUT2D eigenvalue weighted by Gasteiger charge is -2.31. The lowest BCUT2D eigenvalue weighted by molar-refractivity contribution is 0.0544. The molecule has 3 rings (SSSR count). The van der Waals surface area contributed by atoms with Gasteiger partial charge in [-0.3, -0.25) is 0 Å². The molecule has 1 aromatic rings. The smallest absolute Gasteiger partial charge is 0.321 e. The van der Waals surface area contributed by atoms with Crippen molar-refractivity contribution in [1.82, 2.24) is 4.90 Å². The van der Waals surface area contributed by atoms with Crippen LogP contribution in [0.5, 0.6) is 5.75 Å². The molecule has 1 unspecified atom stereocenters. The van der Waals surface area contributed by atoms with E-state index in [1.165, 1.54) is 0 Å². The molecule has 2 fully saturated rings. The second-order valence-corrected chi connectivity index (χ2v) is 6.33. The molecule has 0 spiro atoms. The molecule has 0 bridgehead atoms. The van der Waals surface area contributed by atoms with Crippen molar-refractivity contribution in [1.29, 1.82) is 0 Å². The van der Waals surface area contributed by atoms with E-state index >= 15 is 0 Å². The van der Waals surface area contributed by atoms with Gasteiger partial charge in [0, 0.05) is 32.9 Å². The molecule has 2 heterocycles. The second kappa shape index (κ2) is 8.35. The van der Waals surface area contributed by atoms with Crippen molar-refractivity contribution in [2.75, 3.05) is 38.8 Å². The largest absolute Gasteiger partial charge is 0.489 e. The summed E-state index contributed by atoms with van der Waals surface area (Å²) in [6.07, 6.45) is 4.02. The maximum atomic E-state index is 12.5. The zero-order valence-electron chi connectivity index (χ0n) is 14.2. The number of rotatable bonds is 5. The fourth-order valence-corrected chi connectivity index (χ4v) is 3.10. The molecule has 2 amide bonds. The molecule has 0 radical (unpaired) electrons. The lowest BCUT2D eigenvalue weighted by Crippen LogP contribution is -2.42. The number of para-hydroxylation sites is 2. The normalized spacial score (nSPS) is 21.5. The number of carbonyl (C=O) groups excluding carboxylic acids is 1. The van der Waals surface area contributed by atoms with Gasteiger partial charge < -0.3 is 24.4 Å². The topological polar surface area (TPSA) is 60.0 Å². The van der Waals surface area contributed by atoms with E-state index in [1.807, 2.05) is 31.3 Å². The third-order valence-electron chi connectivity index (χ3n) is 4.64. The van der Waals surface area contributed by atoms with Crippen LogP contribution in [0.4, 0.5) is 10.5 Å². The zero-order chi connectivity index (χ0) is 16.8. The predicted molar refractivity (Wildman–Crippen MR) is 91.5 cm³/mol. The summed E-state index contributed by atoms with van der Waals surface area (Å²) in [7, 11) is 1.83. The Bertz CT molecular complexity index is 540. The van der Waals surface area contributed by atoms with Crippen LogP contribution in [0, 0.1) is 0 Å². The molecule has 0 saturated carbocycles. The number of benzene rings is 1. The summed E-state index contributed by atoms with van der Waals surface area (Å²) in [6, 6.07) is 7.64. The van der Waals surface area contributed by atoms with E-state index in [0.29, 0.717) is 31.3 Å². The highest BCUT2D eigenvalue weighted by Gasteiger charge is 2.23. The number of urea groups is 1. The maximum absolute atomic E-state index is 12.5. The monoisotopic (exact) mass is 334 g/mol. The molecule has 0 aliphatic carbocycles. The van der Waals surface area contributed by atoms with E-state index < -0.39 is 0 Å². The maximum Gasteiger partial charge on any atom is 0.321 e. The molecule has 2 aliphatic heterocycles. The van der Waals surface area contributed by atoms with Gasteiger partial charge in [-0.2, -0.15) is 0 Å². The molecule has 1 N–H and O–H groups in total. The van der Waals surface area contributed by atoms with Crippen LogP contribution < -0.4 is 10.1 Å². The number of nitrogens with one attached hydrogen (secondary N) is 1. The number of amides is 2. The highest BCUT2D eigenvalue weighted by Crippen LogP contribution is 2.26. The number of hydrogen-bond acceptors (Lipinski definition) is 4. The Morgan fingerprint density at radius 1 is 1.25 bits per heavy atom. The number of ether oxygens (including phenoxy) is 3. The minimum atomic E-state index is -0.116. The Hall–Kier alpha value is -1.79. The molecule has 2 aliphatic rings. The van der Waals surface area contributed by atoms with Crippen LogP contribution in [-0.4, -0.2) is 56.6 Å². The SMILES string of the molecule is CN(C(=O)Nc1ccccc1OCC1CCCO1)C1CCOCC1. The third kappa shape index (κ3) is 4.39. The predicted octanol–water partition coefficient (Wildman–Crippen LogP) is 2.89. The van der Waals surface area contributed by atoms with Crippen molar-refractivity contribution in [3.63, 3.8) is 0 Å². The molecule has 1 atom stereocenters. The molecule has 132 valence electrons. The number of hydrogen-bond donors (Lipinski definition) is 1. The van der Waals surface area contributed by atoms with Crippen molar-refractivity contribution in [3.8, 4) is 5.75 Å². The quantitative estimate of drug-likeness (QED) is 0.899. The molecular formula is C18H26N2O4. The van der Waals surface area contributed by atoms with Crippen molar-refractivity contribution in [2.45, 2.75) is 37.8 Å². The number of anilines is 1. The van der Waals surface area contributed by atoms with Gasteiger partial charge in [0.25, 0.3) is 0 Å². The van der Waals surface area contributed by atoms with E-state index in [1.54, 1.807) is 4.90 Å². The standard InChI is InChI=1S/C18H26N2O4/c1-20(14-8-11-22-12-9-14)18(21)19-16-6-2-3-7-17(16)24-13-15-5-4-10-23-15/h2-3,6-7,14-15H,4-5,8-13H2,1H3,(H,19,21). The van der Waals surface area contributed by atoms with Gasteiger partial charge in [0.1, 0.15) is 12.4 Å². The number of nitrogens with zero attached hydrogens (tertiary/aromatic N) is 1. The van der Waals surface area contributed by atoms with Gasteiger partial charge >= 0.3 is 6.03 Å². The van der Waals surface area contributed by atoms with Gasteiger partial charge in [0.2, 0.25) is 0 Å². The minimum absolute atomic E-state index is 0.116. The molecule has 0 aromatic heterocycles. The molecule has 24 heavy (non-hydrogen) atoms. The van der Waals surface area contributed by atoms with Gasteiger partial charge in [-0.15, -0.1) is 0 Å². The first-order valence-corrected chi connectivity index (χ1v) is 8.69. The van der Waals surface area contributed by atoms with E-state index in [4.69, 9.17) is 14.2 Å². The molecule has 6 heteroatoms. The Labute approximate surface area is 143 Å². The summed E-state index contributed by atoms with van der Waals surface area (Å²) in [5, 5.41) is 2.96. The van der Waals surface area contributed by atoms with Crippen LogP contribution in [0.3, 0.4) is 0 Å². The zero-order valence-corrected chi connectivity index (χ0v) is 14.2. The average Bonchev–Trinajstić information content (AvgIpc) is 3.14. The van der Waals surface area contributed by atoms with Gasteiger partial charge in [-0.1, -0.05) is 12.1 Å². The first-order valence-electron chi connectivity index (χ1n) is 8.69. The van der Waals surface area contributed by atoms with Gasteiger partial charge in [-0.25, -0.2) is 4.79 Å². The first kappa shape index (κ1) is 17.0. The van der Waals surface area contributed by atoms with E-state index in [9.17, 15) is 4.79 Å². The van der Waals surface area contributed by atoms with E-state index in [-0.39, 0.29) is 18.2 Å². The fourth-order valence-electron chi connectivity index (χ4n) is 3.10. The Morgan fingerprint density at radius 3 is 2.79 bits per heavy atom. The summed E-state index contributed by atoms with van der Waals surface area (Å²) in [5.41, 5.74) is 0.694. The van der Waals surface area contributed by atoms with Crippen molar-refractivity contribution < 1.29 is 19.0 Å². The van der Waals surface area contributed by atoms with Gasteiger partial charge in [0.05, 0.1) is 11.8 Å². The highest BCUT2D eigenvalue weighted by molar-refractivity contribution is 5.91. The Kier molecular flexibility index (Phi) is 5.93. The van der Waals surface area contributed by atoms with Crippen LogP contribution in [0.2, 0.25) is 0 Å². The lowest BCUT2D eigenvalue weighted by atomic mass is 10.1. The summed E-state index contributed by atoms with van der Waals surface area (Å²) < 4.78 is 16.8. The Balaban J connectivity index is 1.58. The van der Waals surface area contributed by atoms with Crippen molar-refractivity contribution in [3.05, 3.63) is 24.3 Å². The first-order chi connectivity index (χ1) is 11.7. The fraction of sp³-hybridized carbons (Fsp3) is 0.611. The molecule has 2 saturated heterocycles. The summed E-state index contributed by atoms with van der Waals surface area (Å²) >= 11 is 0. The Morgan fingerprint density at radius 2 is 2.04 bits per heavy atom. The summed E-state index contributed by atoms with van der Waals surface area (Å²) in [4.78, 5) is 14.3. The summed E-state index contributed by atoms with van der Waals surface area (Å²) in [6.45, 7) is 2.75. The van der Waals surface area contributed by atoms with Crippen LogP contribution in [0.1, 0.15) is 25.7 Å². The van der Waals surface area contributed by atoms with Crippen LogP contribution in [-0.2, 0) is 9.47 Å². The van der Waals surface area contributed by atoms with Crippen LogP contribution in [0.25, 0.3) is 0 Å². The highest BCUT2D eigenvalue weighted by atomic mass is 16.5. The average molecular weight is 334 g/mol. The van der Waals surface area contributed by atoms with E-state index in [2.05, 4.69) is 5.32 Å². The van der Waals surface area contributed by atoms with E-state index in [0.717, 1.165) is 32.3 Å². The molecule has 1 aromatic carbocycles. The molecular weight excluding hydrogens is 308 g/mol. The second-order valence-electron chi connectivity index (χ2n) is 6.33. The van der Waals surface area contributed by atoms with Crippen molar-refractivity contribution >= 4 is 11.7 Å². The molecule has 6 nitrogen and oxygen atoms in total. The summed E-state index contributed by atoms with van der Waals surface area (Å²) in [5.74, 6) is 0.682. The van der Waals surface area contributed by atoms with Gasteiger partial charge in [0.15, 0.2) is 0 Å². The number of carbonyl (C=O) groups is 1. The minimum Gasteiger partial charge on any atom is -0.489 e. The van der Waals surface area contributed by atoms with Crippen molar-refractivity contribution in [2.24, 2.45) is 0 Å². The third-order valence-corrected chi connectivity index (χ3v) is 4.64.